The number of aliphatic hydroxyl groups excluding tert-OH is 1. The first-order valence-electron chi connectivity index (χ1n) is 3.90. The summed E-state index contributed by atoms with van der Waals surface area (Å²) in [5.74, 6) is 0. The van der Waals surface area contributed by atoms with E-state index in [1.807, 2.05) is 0 Å². The van der Waals surface area contributed by atoms with E-state index in [0.29, 0.717) is 13.0 Å². The third-order valence-electron chi connectivity index (χ3n) is 2.38. The lowest BCUT2D eigenvalue weighted by Crippen LogP contribution is -2.53. The molecule has 2 rings (SSSR count). The van der Waals surface area contributed by atoms with E-state index in [1.165, 1.54) is 0 Å². The van der Waals surface area contributed by atoms with Crippen LogP contribution < -0.4 is 0 Å². The summed E-state index contributed by atoms with van der Waals surface area (Å²) in [4.78, 5) is 0. The number of fused-ring (bicyclic) bond motifs is 2. The predicted octanol–water partition coefficient (Wildman–Crippen LogP) is -0.341. The van der Waals surface area contributed by atoms with Gasteiger partial charge in [0.25, 0.3) is 0 Å². The van der Waals surface area contributed by atoms with Crippen molar-refractivity contribution < 1.29 is 19.7 Å². The summed E-state index contributed by atoms with van der Waals surface area (Å²) in [5, 5.41) is 18.9. The highest BCUT2D eigenvalue weighted by atomic mass is 127. The van der Waals surface area contributed by atoms with E-state index in [-0.39, 0.29) is 22.9 Å². The van der Waals surface area contributed by atoms with Gasteiger partial charge in [-0.2, -0.15) is 0 Å². The van der Waals surface area contributed by atoms with E-state index in [9.17, 15) is 5.11 Å². The number of alkyl halides is 1. The number of hydrogen-bond donors (Lipinski definition) is 2. The molecule has 2 aliphatic heterocycles. The van der Waals surface area contributed by atoms with Crippen LogP contribution in [0.25, 0.3) is 0 Å². The normalized spacial score (nSPS) is 52.8. The molecule has 2 N–H and O–H groups in total. The molecule has 0 aliphatic carbocycles. The molecule has 5 heteroatoms. The van der Waals surface area contributed by atoms with Gasteiger partial charge in [0.05, 0.1) is 23.2 Å². The molecule has 12 heavy (non-hydrogen) atoms. The molecule has 0 amide bonds. The van der Waals surface area contributed by atoms with Gasteiger partial charge in [0.2, 0.25) is 0 Å². The zero-order chi connectivity index (χ0) is 8.77. The molecule has 2 fully saturated rings. The van der Waals surface area contributed by atoms with Crippen molar-refractivity contribution in [2.24, 2.45) is 0 Å². The van der Waals surface area contributed by atoms with Gasteiger partial charge in [-0.25, -0.2) is 0 Å². The molecule has 2 saturated heterocycles. The Bertz CT molecular complexity index is 188. The molecule has 0 spiro atoms. The van der Waals surface area contributed by atoms with Crippen molar-refractivity contribution in [1.29, 1.82) is 0 Å². The van der Waals surface area contributed by atoms with Crippen LogP contribution in [0.15, 0.2) is 0 Å². The number of halogens is 1. The zero-order valence-corrected chi connectivity index (χ0v) is 8.60. The summed E-state index contributed by atoms with van der Waals surface area (Å²) >= 11 is 2.06. The van der Waals surface area contributed by atoms with Gasteiger partial charge >= 0.3 is 0 Å². The summed E-state index contributed by atoms with van der Waals surface area (Å²) in [5.41, 5.74) is -1.02. The van der Waals surface area contributed by atoms with Gasteiger partial charge in [-0.05, 0) is 0 Å². The second kappa shape index (κ2) is 3.06. The molecule has 0 aromatic carbocycles. The Kier molecular flexibility index (Phi) is 2.33. The molecule has 0 aromatic rings. The molecule has 0 aromatic heterocycles. The minimum atomic E-state index is -1.02. The van der Waals surface area contributed by atoms with Gasteiger partial charge in [0, 0.05) is 6.42 Å². The minimum Gasteiger partial charge on any atom is -0.393 e. The highest BCUT2D eigenvalue weighted by Crippen LogP contribution is 2.38. The maximum Gasteiger partial charge on any atom is 0.172 e. The third-order valence-corrected chi connectivity index (χ3v) is 4.13. The highest BCUT2D eigenvalue weighted by Gasteiger charge is 2.51. The SMILES string of the molecule is OCC1(O)CC2CO[C@H](O2)C1I. The van der Waals surface area contributed by atoms with E-state index < -0.39 is 5.60 Å². The molecule has 0 radical (unpaired) electrons. The Hall–Kier alpha value is 0.570. The largest absolute Gasteiger partial charge is 0.393 e. The molecule has 3 unspecified atom stereocenters. The fourth-order valence-electron chi connectivity index (χ4n) is 1.64. The molecule has 2 aliphatic rings. The van der Waals surface area contributed by atoms with Crippen LogP contribution in [0.5, 0.6) is 0 Å². The Labute approximate surface area is 84.0 Å². The van der Waals surface area contributed by atoms with Crippen LogP contribution in [0, 0.1) is 0 Å². The number of ether oxygens (including phenoxy) is 2. The van der Waals surface area contributed by atoms with Crippen LogP contribution in [-0.2, 0) is 9.47 Å². The van der Waals surface area contributed by atoms with E-state index in [0.717, 1.165) is 0 Å². The molecule has 70 valence electrons. The van der Waals surface area contributed by atoms with Crippen LogP contribution in [0.1, 0.15) is 6.42 Å². The van der Waals surface area contributed by atoms with Crippen molar-refractivity contribution in [3.05, 3.63) is 0 Å². The monoisotopic (exact) mass is 286 g/mol. The van der Waals surface area contributed by atoms with Gasteiger partial charge in [-0.1, -0.05) is 22.6 Å². The number of rotatable bonds is 1. The molecule has 4 atom stereocenters. The lowest BCUT2D eigenvalue weighted by atomic mass is 9.92. The predicted molar refractivity (Wildman–Crippen MR) is 49.1 cm³/mol. The Balaban J connectivity index is 2.17. The van der Waals surface area contributed by atoms with Gasteiger partial charge in [0.15, 0.2) is 6.29 Å². The van der Waals surface area contributed by atoms with Gasteiger partial charge in [0.1, 0.15) is 5.60 Å². The molecule has 2 heterocycles. The third kappa shape index (κ3) is 1.27. The van der Waals surface area contributed by atoms with Gasteiger partial charge in [-0.3, -0.25) is 0 Å². The first-order valence-corrected chi connectivity index (χ1v) is 5.15. The zero-order valence-electron chi connectivity index (χ0n) is 6.44. The minimum absolute atomic E-state index is 0.0434. The Morgan fingerprint density at radius 1 is 1.58 bits per heavy atom. The van der Waals surface area contributed by atoms with Crippen molar-refractivity contribution in [1.82, 2.24) is 0 Å². The lowest BCUT2D eigenvalue weighted by Gasteiger charge is -2.38. The maximum absolute atomic E-state index is 9.91. The van der Waals surface area contributed by atoms with Gasteiger partial charge < -0.3 is 19.7 Å². The molecular formula is C7H11IO4. The fourth-order valence-corrected chi connectivity index (χ4v) is 2.47. The van der Waals surface area contributed by atoms with Crippen molar-refractivity contribution in [3.8, 4) is 0 Å². The van der Waals surface area contributed by atoms with Crippen LogP contribution >= 0.6 is 22.6 Å². The molecule has 2 bridgehead atoms. The van der Waals surface area contributed by atoms with E-state index in [4.69, 9.17) is 14.6 Å². The standard InChI is InChI=1S/C7H11IO4/c8-5-6-11-2-4(12-6)1-7(5,10)3-9/h4-6,9-10H,1-3H2/t4?,5?,6-,7?/m1/s1. The average molecular weight is 286 g/mol. The summed E-state index contributed by atoms with van der Waals surface area (Å²) < 4.78 is 10.5. The number of hydrogen-bond acceptors (Lipinski definition) is 4. The average Bonchev–Trinajstić information content (AvgIpc) is 2.46. The number of aliphatic hydroxyl groups is 2. The smallest absolute Gasteiger partial charge is 0.172 e. The summed E-state index contributed by atoms with van der Waals surface area (Å²) in [7, 11) is 0. The fraction of sp³-hybridized carbons (Fsp3) is 1.00. The van der Waals surface area contributed by atoms with E-state index in [2.05, 4.69) is 22.6 Å². The van der Waals surface area contributed by atoms with Crippen molar-refractivity contribution in [2.75, 3.05) is 13.2 Å². The first-order chi connectivity index (χ1) is 5.65. The molecular weight excluding hydrogens is 275 g/mol. The van der Waals surface area contributed by atoms with Crippen LogP contribution in [0.4, 0.5) is 0 Å². The summed E-state index contributed by atoms with van der Waals surface area (Å²) in [6.45, 7) is 0.312. The van der Waals surface area contributed by atoms with E-state index in [1.54, 1.807) is 0 Å². The van der Waals surface area contributed by atoms with Crippen LogP contribution in [-0.4, -0.2) is 45.3 Å². The van der Waals surface area contributed by atoms with Crippen molar-refractivity contribution >= 4 is 22.6 Å². The van der Waals surface area contributed by atoms with Crippen molar-refractivity contribution in [3.63, 3.8) is 0 Å². The van der Waals surface area contributed by atoms with Crippen LogP contribution in [0.3, 0.4) is 0 Å². The molecule has 4 nitrogen and oxygen atoms in total. The lowest BCUT2D eigenvalue weighted by molar-refractivity contribution is -0.156. The van der Waals surface area contributed by atoms with Gasteiger partial charge in [-0.15, -0.1) is 0 Å². The molecule has 0 saturated carbocycles. The maximum atomic E-state index is 9.91. The first kappa shape index (κ1) is 9.14. The van der Waals surface area contributed by atoms with E-state index >= 15 is 0 Å². The highest BCUT2D eigenvalue weighted by molar-refractivity contribution is 14.1. The topological polar surface area (TPSA) is 58.9 Å². The van der Waals surface area contributed by atoms with Crippen LogP contribution in [0.2, 0.25) is 0 Å². The summed E-state index contributed by atoms with van der Waals surface area (Å²) in [6, 6.07) is 0. The second-order valence-electron chi connectivity index (χ2n) is 3.33. The second-order valence-corrected chi connectivity index (χ2v) is 4.67. The summed E-state index contributed by atoms with van der Waals surface area (Å²) in [6.07, 6.45) is 0.0767. The Morgan fingerprint density at radius 3 is 3.00 bits per heavy atom. The quantitative estimate of drug-likeness (QED) is 0.511. The Morgan fingerprint density at radius 2 is 2.33 bits per heavy atom. The van der Waals surface area contributed by atoms with Crippen molar-refractivity contribution in [2.45, 2.75) is 28.3 Å².